The van der Waals surface area contributed by atoms with E-state index in [0.29, 0.717) is 6.42 Å². The normalized spacial score (nSPS) is 12.9. The van der Waals surface area contributed by atoms with Crippen molar-refractivity contribution in [1.29, 1.82) is 0 Å². The molecule has 3 N–H and O–H groups in total. The maximum Gasteiger partial charge on any atom is 0.138 e. The maximum absolute atomic E-state index is 5.57. The van der Waals surface area contributed by atoms with Crippen LogP contribution in [0.25, 0.3) is 0 Å². The Bertz CT molecular complexity index is 479. The Morgan fingerprint density at radius 1 is 1.33 bits per heavy atom. The fourth-order valence-electron chi connectivity index (χ4n) is 1.77. The van der Waals surface area contributed by atoms with E-state index in [0.717, 1.165) is 11.5 Å². The molecule has 0 saturated carbocycles. The number of aromatic nitrogens is 5. The minimum absolute atomic E-state index is 0.125. The highest BCUT2D eigenvalue weighted by Gasteiger charge is 2.16. The first-order chi connectivity index (χ1) is 8.72. The largest absolute Gasteiger partial charge is 0.271 e. The molecule has 0 saturated heterocycles. The van der Waals surface area contributed by atoms with Gasteiger partial charge in [0.05, 0.1) is 17.9 Å². The first kappa shape index (κ1) is 12.6. The molecule has 2 aromatic rings. The molecule has 0 aliphatic heterocycles. The summed E-state index contributed by atoms with van der Waals surface area (Å²) in [5, 5.41) is 4.20. The van der Waals surface area contributed by atoms with Crippen molar-refractivity contribution in [2.45, 2.75) is 32.4 Å². The second kappa shape index (κ2) is 5.65. The fourth-order valence-corrected chi connectivity index (χ4v) is 1.77. The number of hydrazine groups is 1. The van der Waals surface area contributed by atoms with Crippen LogP contribution in [0.3, 0.4) is 0 Å². The van der Waals surface area contributed by atoms with Crippen LogP contribution in [0.4, 0.5) is 0 Å². The van der Waals surface area contributed by atoms with Crippen molar-refractivity contribution in [3.63, 3.8) is 0 Å². The zero-order valence-electron chi connectivity index (χ0n) is 10.5. The molecule has 0 fully saturated rings. The SMILES string of the molecule is CC(C)n1ncnc1CC(NN)c1cnccn1. The van der Waals surface area contributed by atoms with Gasteiger partial charge >= 0.3 is 0 Å². The summed E-state index contributed by atoms with van der Waals surface area (Å²) in [6.07, 6.45) is 7.15. The minimum Gasteiger partial charge on any atom is -0.271 e. The molecule has 0 aliphatic rings. The molecule has 2 rings (SSSR count). The topological polar surface area (TPSA) is 94.5 Å². The summed E-state index contributed by atoms with van der Waals surface area (Å²) in [6.45, 7) is 4.12. The lowest BCUT2D eigenvalue weighted by Gasteiger charge is -2.16. The van der Waals surface area contributed by atoms with E-state index in [1.54, 1.807) is 24.9 Å². The Morgan fingerprint density at radius 3 is 2.78 bits per heavy atom. The maximum atomic E-state index is 5.57. The molecule has 0 aromatic carbocycles. The van der Waals surface area contributed by atoms with Gasteiger partial charge in [0, 0.05) is 24.9 Å². The van der Waals surface area contributed by atoms with Crippen molar-refractivity contribution in [3.05, 3.63) is 36.4 Å². The molecule has 7 nitrogen and oxygen atoms in total. The zero-order valence-corrected chi connectivity index (χ0v) is 10.5. The number of nitrogens with zero attached hydrogens (tertiary/aromatic N) is 5. The molecule has 0 bridgehead atoms. The van der Waals surface area contributed by atoms with Crippen LogP contribution in [-0.4, -0.2) is 24.7 Å². The molecule has 1 unspecified atom stereocenters. The lowest BCUT2D eigenvalue weighted by molar-refractivity contribution is 0.463. The van der Waals surface area contributed by atoms with Gasteiger partial charge < -0.3 is 0 Å². The summed E-state index contributed by atoms with van der Waals surface area (Å²) in [6, 6.07) is 0.142. The smallest absolute Gasteiger partial charge is 0.138 e. The zero-order chi connectivity index (χ0) is 13.0. The van der Waals surface area contributed by atoms with Gasteiger partial charge in [0.1, 0.15) is 12.2 Å². The second-order valence-electron chi connectivity index (χ2n) is 4.27. The van der Waals surface area contributed by atoms with Crippen molar-refractivity contribution in [1.82, 2.24) is 30.2 Å². The predicted molar refractivity (Wildman–Crippen MR) is 66.2 cm³/mol. The summed E-state index contributed by atoms with van der Waals surface area (Å²) in [4.78, 5) is 12.5. The van der Waals surface area contributed by atoms with Gasteiger partial charge in [-0.25, -0.2) is 9.67 Å². The average Bonchev–Trinajstić information content (AvgIpc) is 2.85. The van der Waals surface area contributed by atoms with Crippen LogP contribution in [0.2, 0.25) is 0 Å². The van der Waals surface area contributed by atoms with Crippen molar-refractivity contribution in [2.24, 2.45) is 5.84 Å². The van der Waals surface area contributed by atoms with Gasteiger partial charge in [0.25, 0.3) is 0 Å². The number of rotatable bonds is 5. The standard InChI is InChI=1S/C11H17N7/c1-8(2)18-11(15-7-16-18)5-9(17-12)10-6-13-3-4-14-10/h3-4,6-9,17H,5,12H2,1-2H3. The third-order valence-corrected chi connectivity index (χ3v) is 2.66. The highest BCUT2D eigenvalue weighted by atomic mass is 15.3. The van der Waals surface area contributed by atoms with E-state index in [4.69, 9.17) is 5.84 Å². The van der Waals surface area contributed by atoms with Crippen LogP contribution >= 0.6 is 0 Å². The molecule has 0 radical (unpaired) electrons. The van der Waals surface area contributed by atoms with E-state index in [9.17, 15) is 0 Å². The van der Waals surface area contributed by atoms with Crippen LogP contribution in [0, 0.1) is 0 Å². The van der Waals surface area contributed by atoms with Gasteiger partial charge in [-0.2, -0.15) is 5.10 Å². The molecule has 1 atom stereocenters. The van der Waals surface area contributed by atoms with Crippen LogP contribution in [0.1, 0.15) is 37.4 Å². The first-order valence-corrected chi connectivity index (χ1v) is 5.82. The summed E-state index contributed by atoms with van der Waals surface area (Å²) in [5.74, 6) is 6.45. The second-order valence-corrected chi connectivity index (χ2v) is 4.27. The molecule has 7 heteroatoms. The Hall–Kier alpha value is -1.86. The van der Waals surface area contributed by atoms with Gasteiger partial charge in [-0.3, -0.25) is 21.2 Å². The van der Waals surface area contributed by atoms with Gasteiger partial charge in [-0.15, -0.1) is 0 Å². The summed E-state index contributed by atoms with van der Waals surface area (Å²) in [5.41, 5.74) is 3.53. The lowest BCUT2D eigenvalue weighted by atomic mass is 10.1. The number of nitrogens with two attached hydrogens (primary N) is 1. The Kier molecular flexibility index (Phi) is 3.96. The van der Waals surface area contributed by atoms with E-state index >= 15 is 0 Å². The average molecular weight is 247 g/mol. The Labute approximate surface area is 105 Å². The van der Waals surface area contributed by atoms with E-state index in [-0.39, 0.29) is 12.1 Å². The molecule has 2 heterocycles. The van der Waals surface area contributed by atoms with Crippen molar-refractivity contribution < 1.29 is 0 Å². The molecule has 96 valence electrons. The molecular weight excluding hydrogens is 230 g/mol. The molecule has 18 heavy (non-hydrogen) atoms. The Morgan fingerprint density at radius 2 is 2.17 bits per heavy atom. The third kappa shape index (κ3) is 2.69. The number of nitrogens with one attached hydrogen (secondary N) is 1. The molecule has 0 amide bonds. The van der Waals surface area contributed by atoms with Gasteiger partial charge in [0.15, 0.2) is 0 Å². The van der Waals surface area contributed by atoms with E-state index in [2.05, 4.69) is 39.3 Å². The number of hydrogen-bond acceptors (Lipinski definition) is 6. The van der Waals surface area contributed by atoms with E-state index < -0.39 is 0 Å². The molecule has 0 aliphatic carbocycles. The van der Waals surface area contributed by atoms with Crippen LogP contribution in [0.15, 0.2) is 24.9 Å². The van der Waals surface area contributed by atoms with Gasteiger partial charge in [-0.05, 0) is 13.8 Å². The van der Waals surface area contributed by atoms with Crippen molar-refractivity contribution >= 4 is 0 Å². The van der Waals surface area contributed by atoms with Crippen molar-refractivity contribution in [2.75, 3.05) is 0 Å². The summed E-state index contributed by atoms with van der Waals surface area (Å²) >= 11 is 0. The van der Waals surface area contributed by atoms with Crippen molar-refractivity contribution in [3.8, 4) is 0 Å². The fraction of sp³-hybridized carbons (Fsp3) is 0.455. The van der Waals surface area contributed by atoms with E-state index in [1.807, 2.05) is 4.68 Å². The number of hydrogen-bond donors (Lipinski definition) is 2. The Balaban J connectivity index is 2.18. The van der Waals surface area contributed by atoms with Crippen LogP contribution < -0.4 is 11.3 Å². The molecular formula is C11H17N7. The summed E-state index contributed by atoms with van der Waals surface area (Å²) in [7, 11) is 0. The first-order valence-electron chi connectivity index (χ1n) is 5.82. The van der Waals surface area contributed by atoms with E-state index in [1.165, 1.54) is 0 Å². The highest BCUT2D eigenvalue weighted by Crippen LogP contribution is 2.15. The third-order valence-electron chi connectivity index (χ3n) is 2.66. The molecule has 2 aromatic heterocycles. The highest BCUT2D eigenvalue weighted by molar-refractivity contribution is 5.05. The minimum atomic E-state index is -0.125. The van der Waals surface area contributed by atoms with Gasteiger partial charge in [-0.1, -0.05) is 0 Å². The quantitative estimate of drug-likeness (QED) is 0.586. The van der Waals surface area contributed by atoms with Crippen LogP contribution in [0.5, 0.6) is 0 Å². The van der Waals surface area contributed by atoms with Crippen LogP contribution in [-0.2, 0) is 6.42 Å². The molecule has 0 spiro atoms. The predicted octanol–water partition coefficient (Wildman–Crippen LogP) is 0.396. The monoisotopic (exact) mass is 247 g/mol. The lowest BCUT2D eigenvalue weighted by Crippen LogP contribution is -2.31. The summed E-state index contributed by atoms with van der Waals surface area (Å²) < 4.78 is 1.88. The van der Waals surface area contributed by atoms with Gasteiger partial charge in [0.2, 0.25) is 0 Å².